The summed E-state index contributed by atoms with van der Waals surface area (Å²) in [7, 11) is 0. The lowest BCUT2D eigenvalue weighted by atomic mass is 9.98. The first-order valence-corrected chi connectivity index (χ1v) is 11.6. The molecule has 0 unspecified atom stereocenters. The highest BCUT2D eigenvalue weighted by Gasteiger charge is 2.39. The second-order valence-corrected chi connectivity index (χ2v) is 8.57. The number of esters is 2. The first-order valence-electron chi connectivity index (χ1n) is 11.6. The monoisotopic (exact) mass is 471 g/mol. The third kappa shape index (κ3) is 4.75. The van der Waals surface area contributed by atoms with Gasteiger partial charge in [-0.25, -0.2) is 9.59 Å². The molecule has 178 valence electrons. The van der Waals surface area contributed by atoms with Crippen LogP contribution >= 0.6 is 0 Å². The summed E-state index contributed by atoms with van der Waals surface area (Å²) in [6.45, 7) is 0.105. The zero-order valence-corrected chi connectivity index (χ0v) is 19.1. The molecule has 1 atom stereocenters. The number of fused-ring (bicyclic) bond motifs is 3. The van der Waals surface area contributed by atoms with Crippen molar-refractivity contribution in [2.75, 3.05) is 13.3 Å². The van der Waals surface area contributed by atoms with Crippen LogP contribution in [0, 0.1) is 0 Å². The van der Waals surface area contributed by atoms with E-state index in [1.807, 2.05) is 66.7 Å². The minimum atomic E-state index is -0.880. The molecule has 1 saturated heterocycles. The lowest BCUT2D eigenvalue weighted by molar-refractivity contribution is -0.145. The summed E-state index contributed by atoms with van der Waals surface area (Å²) >= 11 is 0. The number of amides is 1. The molecule has 0 bridgehead atoms. The van der Waals surface area contributed by atoms with Crippen LogP contribution in [0.5, 0.6) is 0 Å². The smallest absolute Gasteiger partial charge is 0.413 e. The number of ether oxygens (including phenoxy) is 3. The second kappa shape index (κ2) is 10.0. The summed E-state index contributed by atoms with van der Waals surface area (Å²) < 4.78 is 16.0. The van der Waals surface area contributed by atoms with Crippen molar-refractivity contribution >= 4 is 18.0 Å². The highest BCUT2D eigenvalue weighted by Crippen LogP contribution is 2.44. The topological polar surface area (TPSA) is 82.1 Å². The van der Waals surface area contributed by atoms with E-state index >= 15 is 0 Å². The summed E-state index contributed by atoms with van der Waals surface area (Å²) in [5.41, 5.74) is 5.36. The Balaban J connectivity index is 1.18. The van der Waals surface area contributed by atoms with E-state index in [1.165, 1.54) is 4.90 Å². The third-order valence-electron chi connectivity index (χ3n) is 6.43. The standard InChI is InChI=1S/C28H25NO6/c30-26(33-16-19-8-2-1-3-9-19)15-14-25-27(31)35-18-29(25)28(32)34-17-24-22-12-6-4-10-20(22)21-11-5-7-13-23(21)24/h1-13,24-25H,14-18H2/t25-/m0/s1. The quantitative estimate of drug-likeness (QED) is 0.369. The van der Waals surface area contributed by atoms with Gasteiger partial charge in [0.1, 0.15) is 19.3 Å². The molecule has 3 aromatic rings. The van der Waals surface area contributed by atoms with Crippen LogP contribution < -0.4 is 0 Å². The van der Waals surface area contributed by atoms with Crippen molar-refractivity contribution in [1.29, 1.82) is 0 Å². The van der Waals surface area contributed by atoms with Gasteiger partial charge in [-0.1, -0.05) is 78.9 Å². The summed E-state index contributed by atoms with van der Waals surface area (Å²) in [6.07, 6.45) is -0.545. The Morgan fingerprint density at radius 3 is 2.17 bits per heavy atom. The van der Waals surface area contributed by atoms with Gasteiger partial charge in [-0.05, 0) is 34.2 Å². The van der Waals surface area contributed by atoms with E-state index in [0.717, 1.165) is 27.8 Å². The summed E-state index contributed by atoms with van der Waals surface area (Å²) in [5, 5.41) is 0. The number of cyclic esters (lactones) is 1. The van der Waals surface area contributed by atoms with E-state index in [2.05, 4.69) is 12.1 Å². The van der Waals surface area contributed by atoms with Crippen molar-refractivity contribution in [2.45, 2.75) is 31.4 Å². The molecule has 1 aliphatic carbocycles. The van der Waals surface area contributed by atoms with Gasteiger partial charge in [0.05, 0.1) is 0 Å². The summed E-state index contributed by atoms with van der Waals surface area (Å²) in [5.74, 6) is -1.08. The van der Waals surface area contributed by atoms with E-state index in [1.54, 1.807) is 0 Å². The van der Waals surface area contributed by atoms with Gasteiger partial charge in [0.25, 0.3) is 0 Å². The Kier molecular flexibility index (Phi) is 6.48. The Morgan fingerprint density at radius 2 is 1.49 bits per heavy atom. The number of rotatable bonds is 7. The van der Waals surface area contributed by atoms with Crippen LogP contribution in [0.25, 0.3) is 11.1 Å². The van der Waals surface area contributed by atoms with Gasteiger partial charge >= 0.3 is 18.0 Å². The molecule has 1 amide bonds. The fraction of sp³-hybridized carbons (Fsp3) is 0.250. The zero-order valence-electron chi connectivity index (χ0n) is 19.1. The fourth-order valence-electron chi connectivity index (χ4n) is 4.64. The number of nitrogens with zero attached hydrogens (tertiary/aromatic N) is 1. The minimum Gasteiger partial charge on any atom is -0.461 e. The predicted octanol–water partition coefficient (Wildman–Crippen LogP) is 4.64. The molecule has 2 aliphatic rings. The van der Waals surface area contributed by atoms with E-state index in [4.69, 9.17) is 14.2 Å². The van der Waals surface area contributed by atoms with Crippen molar-refractivity contribution in [3.63, 3.8) is 0 Å². The van der Waals surface area contributed by atoms with Gasteiger partial charge in [-0.2, -0.15) is 0 Å². The van der Waals surface area contributed by atoms with Gasteiger partial charge in [0, 0.05) is 12.3 Å². The molecule has 5 rings (SSSR count). The molecule has 1 fully saturated rings. The van der Waals surface area contributed by atoms with E-state index in [9.17, 15) is 14.4 Å². The van der Waals surface area contributed by atoms with E-state index in [-0.39, 0.29) is 38.7 Å². The van der Waals surface area contributed by atoms with E-state index in [0.29, 0.717) is 0 Å². The Bertz CT molecular complexity index is 1200. The molecule has 7 heteroatoms. The van der Waals surface area contributed by atoms with Crippen molar-refractivity contribution in [1.82, 2.24) is 4.90 Å². The largest absolute Gasteiger partial charge is 0.461 e. The maximum atomic E-state index is 12.9. The third-order valence-corrected chi connectivity index (χ3v) is 6.43. The lowest BCUT2D eigenvalue weighted by Gasteiger charge is -2.21. The Labute approximate surface area is 203 Å². The van der Waals surface area contributed by atoms with Gasteiger partial charge in [-0.3, -0.25) is 9.69 Å². The minimum absolute atomic E-state index is 0.0141. The molecular weight excluding hydrogens is 446 g/mol. The van der Waals surface area contributed by atoms with Gasteiger partial charge in [0.2, 0.25) is 0 Å². The highest BCUT2D eigenvalue weighted by atomic mass is 16.6. The average molecular weight is 472 g/mol. The first kappa shape index (κ1) is 22.7. The van der Waals surface area contributed by atoms with Gasteiger partial charge in [0.15, 0.2) is 6.73 Å². The van der Waals surface area contributed by atoms with Crippen LogP contribution in [0.1, 0.15) is 35.4 Å². The molecule has 3 aromatic carbocycles. The van der Waals surface area contributed by atoms with E-state index < -0.39 is 24.1 Å². The molecule has 0 radical (unpaired) electrons. The van der Waals surface area contributed by atoms with Crippen molar-refractivity contribution in [3.8, 4) is 11.1 Å². The highest BCUT2D eigenvalue weighted by molar-refractivity contribution is 5.84. The summed E-state index contributed by atoms with van der Waals surface area (Å²) in [4.78, 5) is 38.6. The van der Waals surface area contributed by atoms with Crippen molar-refractivity contribution < 1.29 is 28.6 Å². The molecule has 0 N–H and O–H groups in total. The average Bonchev–Trinajstić information content (AvgIpc) is 3.43. The fourth-order valence-corrected chi connectivity index (χ4v) is 4.64. The lowest BCUT2D eigenvalue weighted by Crippen LogP contribution is -2.39. The first-order chi connectivity index (χ1) is 17.1. The maximum Gasteiger partial charge on any atom is 0.413 e. The number of carbonyl (C=O) groups excluding carboxylic acids is 3. The van der Waals surface area contributed by atoms with Crippen LogP contribution in [-0.2, 0) is 30.4 Å². The zero-order chi connectivity index (χ0) is 24.2. The maximum absolute atomic E-state index is 12.9. The molecule has 0 saturated carbocycles. The number of hydrogen-bond donors (Lipinski definition) is 0. The normalized spacial score (nSPS) is 16.4. The SMILES string of the molecule is O=C(CC[C@H]1C(=O)OCN1C(=O)OCC1c2ccccc2-c2ccccc21)OCc1ccccc1. The molecule has 35 heavy (non-hydrogen) atoms. The molecule has 1 aliphatic heterocycles. The van der Waals surface area contributed by atoms with Crippen molar-refractivity contribution in [3.05, 3.63) is 95.6 Å². The molecule has 7 nitrogen and oxygen atoms in total. The molecule has 0 aromatic heterocycles. The molecule has 1 heterocycles. The van der Waals surface area contributed by atoms with Crippen LogP contribution in [-0.4, -0.2) is 42.3 Å². The van der Waals surface area contributed by atoms with Crippen LogP contribution in [0.4, 0.5) is 4.79 Å². The van der Waals surface area contributed by atoms with Crippen LogP contribution in [0.3, 0.4) is 0 Å². The number of hydrogen-bond acceptors (Lipinski definition) is 6. The number of benzene rings is 3. The summed E-state index contributed by atoms with van der Waals surface area (Å²) in [6, 6.07) is 24.6. The second-order valence-electron chi connectivity index (χ2n) is 8.57. The van der Waals surface area contributed by atoms with Crippen LogP contribution in [0.2, 0.25) is 0 Å². The molecular formula is C28H25NO6. The Morgan fingerprint density at radius 1 is 0.857 bits per heavy atom. The van der Waals surface area contributed by atoms with Crippen LogP contribution in [0.15, 0.2) is 78.9 Å². The molecule has 0 spiro atoms. The Hall–Kier alpha value is -4.13. The number of carbonyl (C=O) groups is 3. The van der Waals surface area contributed by atoms with Gasteiger partial charge in [-0.15, -0.1) is 0 Å². The van der Waals surface area contributed by atoms with Crippen molar-refractivity contribution in [2.24, 2.45) is 0 Å². The predicted molar refractivity (Wildman–Crippen MR) is 127 cm³/mol. The van der Waals surface area contributed by atoms with Gasteiger partial charge < -0.3 is 14.2 Å².